The van der Waals surface area contributed by atoms with Gasteiger partial charge in [-0.1, -0.05) is 0 Å². The van der Waals surface area contributed by atoms with Gasteiger partial charge in [0.05, 0.1) is 12.3 Å². The van der Waals surface area contributed by atoms with E-state index in [1.807, 2.05) is 31.4 Å². The number of aromatic nitrogens is 2. The Balaban J connectivity index is 1.55. The van der Waals surface area contributed by atoms with Crippen LogP contribution in [0.3, 0.4) is 0 Å². The maximum Gasteiger partial charge on any atom is 0.245 e. The fraction of sp³-hybridized carbons (Fsp3) is 0.529. The first-order chi connectivity index (χ1) is 11.1. The lowest BCUT2D eigenvalue weighted by atomic mass is 10.0. The molecule has 1 saturated heterocycles. The molecular formula is C17H24N4O2. The number of amides is 1. The predicted molar refractivity (Wildman–Crippen MR) is 88.2 cm³/mol. The molecular weight excluding hydrogens is 292 g/mol. The van der Waals surface area contributed by atoms with E-state index in [1.165, 1.54) is 0 Å². The Kier molecular flexibility index (Phi) is 4.81. The van der Waals surface area contributed by atoms with Crippen LogP contribution in [0.25, 0.3) is 0 Å². The first-order valence-electron chi connectivity index (χ1n) is 8.23. The summed E-state index contributed by atoms with van der Waals surface area (Å²) < 4.78 is 7.09. The van der Waals surface area contributed by atoms with E-state index in [-0.39, 0.29) is 18.0 Å². The van der Waals surface area contributed by atoms with E-state index in [1.54, 1.807) is 15.8 Å². The van der Waals surface area contributed by atoms with Crippen molar-refractivity contribution >= 4 is 11.7 Å². The number of piperidine rings is 1. The third-order valence-corrected chi connectivity index (χ3v) is 4.30. The molecule has 2 aromatic rings. The minimum absolute atomic E-state index is 0.125. The van der Waals surface area contributed by atoms with Gasteiger partial charge in [0.25, 0.3) is 0 Å². The molecule has 2 atom stereocenters. The molecule has 124 valence electrons. The zero-order chi connectivity index (χ0) is 16.2. The summed E-state index contributed by atoms with van der Waals surface area (Å²) in [5, 5.41) is 7.82. The zero-order valence-corrected chi connectivity index (χ0v) is 13.7. The summed E-state index contributed by atoms with van der Waals surface area (Å²) in [5.41, 5.74) is 0. The molecule has 6 nitrogen and oxygen atoms in total. The lowest BCUT2D eigenvalue weighted by molar-refractivity contribution is -0.122. The highest BCUT2D eigenvalue weighted by Crippen LogP contribution is 2.19. The molecule has 3 heterocycles. The average molecular weight is 316 g/mol. The molecule has 0 bridgehead atoms. The van der Waals surface area contributed by atoms with Crippen LogP contribution >= 0.6 is 0 Å². The molecule has 1 aliphatic rings. The number of hydrogen-bond donors (Lipinski definition) is 1. The van der Waals surface area contributed by atoms with Crippen LogP contribution in [0, 0.1) is 0 Å². The second-order valence-corrected chi connectivity index (χ2v) is 6.22. The van der Waals surface area contributed by atoms with Crippen molar-refractivity contribution in [3.05, 3.63) is 36.4 Å². The van der Waals surface area contributed by atoms with Gasteiger partial charge in [-0.3, -0.25) is 14.4 Å². The molecule has 2 unspecified atom stereocenters. The smallest absolute Gasteiger partial charge is 0.245 e. The van der Waals surface area contributed by atoms with Gasteiger partial charge in [0.15, 0.2) is 5.82 Å². The predicted octanol–water partition coefficient (Wildman–Crippen LogP) is 2.12. The van der Waals surface area contributed by atoms with Crippen LogP contribution in [-0.2, 0) is 18.3 Å². The van der Waals surface area contributed by atoms with Crippen molar-refractivity contribution in [3.63, 3.8) is 0 Å². The van der Waals surface area contributed by atoms with Gasteiger partial charge in [-0.05, 0) is 38.3 Å². The van der Waals surface area contributed by atoms with Crippen LogP contribution in [0.5, 0.6) is 0 Å². The van der Waals surface area contributed by atoms with Gasteiger partial charge in [0, 0.05) is 38.3 Å². The maximum absolute atomic E-state index is 12.7. The first-order valence-corrected chi connectivity index (χ1v) is 8.23. The van der Waals surface area contributed by atoms with Crippen molar-refractivity contribution in [1.82, 2.24) is 15.1 Å². The molecule has 1 aliphatic heterocycles. The van der Waals surface area contributed by atoms with Crippen LogP contribution in [0.1, 0.15) is 31.9 Å². The molecule has 23 heavy (non-hydrogen) atoms. The molecule has 6 heteroatoms. The molecule has 1 amide bonds. The molecule has 2 aromatic heterocycles. The number of hydrogen-bond acceptors (Lipinski definition) is 4. The number of nitrogens with zero attached hydrogens (tertiary/aromatic N) is 3. The minimum Gasteiger partial charge on any atom is -0.469 e. The third-order valence-electron chi connectivity index (χ3n) is 4.30. The fourth-order valence-corrected chi connectivity index (χ4v) is 3.04. The Labute approximate surface area is 136 Å². The molecule has 1 fully saturated rings. The molecule has 0 spiro atoms. The third kappa shape index (κ3) is 3.82. The fourth-order valence-electron chi connectivity index (χ4n) is 3.04. The van der Waals surface area contributed by atoms with Gasteiger partial charge in [0.2, 0.25) is 5.91 Å². The van der Waals surface area contributed by atoms with Crippen molar-refractivity contribution < 1.29 is 9.21 Å². The number of rotatable bonds is 6. The lowest BCUT2D eigenvalue weighted by Crippen LogP contribution is -2.53. The topological polar surface area (TPSA) is 63.3 Å². The van der Waals surface area contributed by atoms with Crippen LogP contribution < -0.4 is 10.2 Å². The van der Waals surface area contributed by atoms with Crippen LogP contribution in [0.4, 0.5) is 5.82 Å². The Morgan fingerprint density at radius 1 is 1.48 bits per heavy atom. The van der Waals surface area contributed by atoms with Gasteiger partial charge in [-0.25, -0.2) is 0 Å². The molecule has 1 N–H and O–H groups in total. The number of aryl methyl sites for hydroxylation is 2. The Morgan fingerprint density at radius 3 is 3.04 bits per heavy atom. The molecule has 0 aromatic carbocycles. The normalized spacial score (nSPS) is 20.0. The zero-order valence-electron chi connectivity index (χ0n) is 13.7. The van der Waals surface area contributed by atoms with Crippen LogP contribution in [0.15, 0.2) is 35.1 Å². The van der Waals surface area contributed by atoms with Crippen molar-refractivity contribution in [2.45, 2.75) is 44.7 Å². The maximum atomic E-state index is 12.7. The van der Waals surface area contributed by atoms with Crippen molar-refractivity contribution in [2.24, 2.45) is 7.05 Å². The van der Waals surface area contributed by atoms with Crippen LogP contribution in [-0.4, -0.2) is 34.3 Å². The molecule has 3 rings (SSSR count). The SMILES string of the molecule is CC(CCc1ccco1)NC1CCCN(c2ccn(C)n2)C1=O. The average Bonchev–Trinajstić information content (AvgIpc) is 3.19. The highest BCUT2D eigenvalue weighted by atomic mass is 16.3. The number of carbonyl (C=O) groups is 1. The molecule has 0 aliphatic carbocycles. The van der Waals surface area contributed by atoms with Gasteiger partial charge in [-0.15, -0.1) is 0 Å². The van der Waals surface area contributed by atoms with Gasteiger partial charge < -0.3 is 9.73 Å². The number of nitrogens with one attached hydrogen (secondary N) is 1. The van der Waals surface area contributed by atoms with Crippen LogP contribution in [0.2, 0.25) is 0 Å². The quantitative estimate of drug-likeness (QED) is 0.886. The summed E-state index contributed by atoms with van der Waals surface area (Å²) in [7, 11) is 1.87. The minimum atomic E-state index is -0.127. The van der Waals surface area contributed by atoms with E-state index < -0.39 is 0 Å². The van der Waals surface area contributed by atoms with Crippen molar-refractivity contribution in [1.29, 1.82) is 0 Å². The highest BCUT2D eigenvalue weighted by Gasteiger charge is 2.31. The van der Waals surface area contributed by atoms with Crippen molar-refractivity contribution in [3.8, 4) is 0 Å². The number of carbonyl (C=O) groups excluding carboxylic acids is 1. The Hall–Kier alpha value is -2.08. The first kappa shape index (κ1) is 15.8. The molecule has 0 radical (unpaired) electrons. The lowest BCUT2D eigenvalue weighted by Gasteiger charge is -2.32. The number of furan rings is 1. The second-order valence-electron chi connectivity index (χ2n) is 6.22. The summed E-state index contributed by atoms with van der Waals surface area (Å²) in [6.07, 6.45) is 7.26. The summed E-state index contributed by atoms with van der Waals surface area (Å²) in [6.45, 7) is 2.87. The Morgan fingerprint density at radius 2 is 2.35 bits per heavy atom. The van der Waals surface area contributed by atoms with Gasteiger partial charge >= 0.3 is 0 Å². The van der Waals surface area contributed by atoms with Gasteiger partial charge in [-0.2, -0.15) is 5.10 Å². The van der Waals surface area contributed by atoms with E-state index >= 15 is 0 Å². The van der Waals surface area contributed by atoms with E-state index in [2.05, 4.69) is 17.3 Å². The summed E-state index contributed by atoms with van der Waals surface area (Å²) in [4.78, 5) is 14.5. The van der Waals surface area contributed by atoms with E-state index in [9.17, 15) is 4.79 Å². The highest BCUT2D eigenvalue weighted by molar-refractivity contribution is 5.97. The van der Waals surface area contributed by atoms with Gasteiger partial charge in [0.1, 0.15) is 5.76 Å². The van der Waals surface area contributed by atoms with Crippen molar-refractivity contribution in [2.75, 3.05) is 11.4 Å². The second kappa shape index (κ2) is 7.00. The summed E-state index contributed by atoms with van der Waals surface area (Å²) in [6, 6.07) is 5.92. The van der Waals surface area contributed by atoms with E-state index in [0.717, 1.165) is 43.8 Å². The monoisotopic (exact) mass is 316 g/mol. The molecule has 0 saturated carbocycles. The summed E-state index contributed by atoms with van der Waals surface area (Å²) >= 11 is 0. The van der Waals surface area contributed by atoms with E-state index in [4.69, 9.17) is 4.42 Å². The standard InChI is InChI=1S/C17H24N4O2/c1-13(7-8-14-5-4-12-23-14)18-15-6-3-10-21(17(15)22)16-9-11-20(2)19-16/h4-5,9,11-13,15,18H,3,6-8,10H2,1-2H3. The number of anilines is 1. The van der Waals surface area contributed by atoms with E-state index in [0.29, 0.717) is 0 Å². The largest absolute Gasteiger partial charge is 0.469 e. The Bertz CT molecular complexity index is 635. The summed E-state index contributed by atoms with van der Waals surface area (Å²) in [5.74, 6) is 1.86.